The lowest BCUT2D eigenvalue weighted by Gasteiger charge is -2.06. The van der Waals surface area contributed by atoms with Gasteiger partial charge >= 0.3 is 0 Å². The normalized spacial score (nSPS) is 10.6. The summed E-state index contributed by atoms with van der Waals surface area (Å²) in [5, 5.41) is 9.12. The SMILES string of the molecule is COCCn1nc(C(=O)Nc2nc(-c3ccccc3)cs2)ccc1=O. The zero-order valence-corrected chi connectivity index (χ0v) is 14.3. The molecule has 0 aliphatic rings. The minimum absolute atomic E-state index is 0.146. The predicted octanol–water partition coefficient (Wildman–Crippen LogP) is 2.27. The largest absolute Gasteiger partial charge is 0.383 e. The zero-order valence-electron chi connectivity index (χ0n) is 13.5. The summed E-state index contributed by atoms with van der Waals surface area (Å²) in [6, 6.07) is 12.4. The van der Waals surface area contributed by atoms with Crippen LogP contribution in [-0.4, -0.2) is 34.4 Å². The maximum atomic E-state index is 12.3. The number of nitrogens with one attached hydrogen (secondary N) is 1. The van der Waals surface area contributed by atoms with Crippen LogP contribution in [0.15, 0.2) is 52.6 Å². The minimum Gasteiger partial charge on any atom is -0.383 e. The molecule has 0 atom stereocenters. The number of carbonyl (C=O) groups excluding carboxylic acids is 1. The van der Waals surface area contributed by atoms with E-state index in [0.29, 0.717) is 11.7 Å². The third-order valence-electron chi connectivity index (χ3n) is 3.40. The molecular formula is C17H16N4O3S. The minimum atomic E-state index is -0.417. The Morgan fingerprint density at radius 2 is 2.04 bits per heavy atom. The highest BCUT2D eigenvalue weighted by Crippen LogP contribution is 2.24. The lowest BCUT2D eigenvalue weighted by molar-refractivity contribution is 0.101. The Morgan fingerprint density at radius 3 is 2.80 bits per heavy atom. The van der Waals surface area contributed by atoms with Crippen LogP contribution in [-0.2, 0) is 11.3 Å². The molecule has 8 heteroatoms. The summed E-state index contributed by atoms with van der Waals surface area (Å²) in [4.78, 5) is 28.5. The smallest absolute Gasteiger partial charge is 0.277 e. The van der Waals surface area contributed by atoms with Gasteiger partial charge in [-0.15, -0.1) is 11.3 Å². The Hall–Kier alpha value is -2.84. The molecule has 2 heterocycles. The van der Waals surface area contributed by atoms with Crippen molar-refractivity contribution in [3.63, 3.8) is 0 Å². The quantitative estimate of drug-likeness (QED) is 0.732. The lowest BCUT2D eigenvalue weighted by Crippen LogP contribution is -2.27. The summed E-state index contributed by atoms with van der Waals surface area (Å²) >= 11 is 1.33. The number of anilines is 1. The number of carbonyl (C=O) groups is 1. The number of ether oxygens (including phenoxy) is 1. The van der Waals surface area contributed by atoms with Crippen LogP contribution >= 0.6 is 11.3 Å². The fourth-order valence-electron chi connectivity index (χ4n) is 2.14. The molecule has 0 unspecified atom stereocenters. The van der Waals surface area contributed by atoms with Gasteiger partial charge in [-0.25, -0.2) is 9.67 Å². The van der Waals surface area contributed by atoms with Gasteiger partial charge in [0, 0.05) is 24.1 Å². The van der Waals surface area contributed by atoms with Crippen molar-refractivity contribution in [2.45, 2.75) is 6.54 Å². The van der Waals surface area contributed by atoms with E-state index in [-0.39, 0.29) is 17.8 Å². The van der Waals surface area contributed by atoms with Crippen LogP contribution in [0.3, 0.4) is 0 Å². The van der Waals surface area contributed by atoms with Crippen LogP contribution in [0.2, 0.25) is 0 Å². The first-order valence-electron chi connectivity index (χ1n) is 7.57. The molecular weight excluding hydrogens is 340 g/mol. The summed E-state index contributed by atoms with van der Waals surface area (Å²) in [6.45, 7) is 0.622. The Balaban J connectivity index is 1.74. The van der Waals surface area contributed by atoms with Crippen molar-refractivity contribution >= 4 is 22.4 Å². The van der Waals surface area contributed by atoms with E-state index >= 15 is 0 Å². The molecule has 1 amide bonds. The maximum Gasteiger partial charge on any atom is 0.277 e. The number of nitrogens with zero attached hydrogens (tertiary/aromatic N) is 3. The number of benzene rings is 1. The molecule has 3 rings (SSSR count). The number of hydrogen-bond donors (Lipinski definition) is 1. The first-order chi connectivity index (χ1) is 12.2. The van der Waals surface area contributed by atoms with Gasteiger partial charge in [-0.1, -0.05) is 30.3 Å². The Bertz CT molecular complexity index is 921. The Labute approximate surface area is 147 Å². The molecule has 0 bridgehead atoms. The van der Waals surface area contributed by atoms with Gasteiger partial charge in [-0.3, -0.25) is 14.9 Å². The number of amides is 1. The second kappa shape index (κ2) is 7.82. The van der Waals surface area contributed by atoms with Crippen molar-refractivity contribution in [2.24, 2.45) is 0 Å². The monoisotopic (exact) mass is 356 g/mol. The number of aromatic nitrogens is 3. The number of methoxy groups -OCH3 is 1. The molecule has 0 spiro atoms. The van der Waals surface area contributed by atoms with E-state index in [1.165, 1.54) is 35.3 Å². The van der Waals surface area contributed by atoms with Crippen molar-refractivity contribution in [1.29, 1.82) is 0 Å². The Kier molecular flexibility index (Phi) is 5.32. The zero-order chi connectivity index (χ0) is 17.6. The highest BCUT2D eigenvalue weighted by atomic mass is 32.1. The fourth-order valence-corrected chi connectivity index (χ4v) is 2.86. The van der Waals surface area contributed by atoms with Crippen molar-refractivity contribution in [2.75, 3.05) is 19.0 Å². The van der Waals surface area contributed by atoms with Crippen molar-refractivity contribution < 1.29 is 9.53 Å². The summed E-state index contributed by atoms with van der Waals surface area (Å²) in [7, 11) is 1.54. The molecule has 2 aromatic heterocycles. The molecule has 0 saturated carbocycles. The van der Waals surface area contributed by atoms with E-state index in [9.17, 15) is 9.59 Å². The molecule has 1 N–H and O–H groups in total. The number of rotatable bonds is 6. The van der Waals surface area contributed by atoms with Gasteiger partial charge in [0.2, 0.25) is 0 Å². The van der Waals surface area contributed by atoms with E-state index in [4.69, 9.17) is 4.74 Å². The third kappa shape index (κ3) is 4.17. The second-order valence-electron chi connectivity index (χ2n) is 5.13. The third-order valence-corrected chi connectivity index (χ3v) is 4.16. The number of thiazole rings is 1. The van der Waals surface area contributed by atoms with Crippen LogP contribution < -0.4 is 10.9 Å². The van der Waals surface area contributed by atoms with E-state index in [0.717, 1.165) is 11.3 Å². The lowest BCUT2D eigenvalue weighted by atomic mass is 10.2. The molecule has 0 fully saturated rings. The van der Waals surface area contributed by atoms with Gasteiger partial charge in [-0.2, -0.15) is 5.10 Å². The molecule has 0 aliphatic carbocycles. The van der Waals surface area contributed by atoms with Crippen LogP contribution in [0.5, 0.6) is 0 Å². The van der Waals surface area contributed by atoms with E-state index in [1.807, 2.05) is 35.7 Å². The van der Waals surface area contributed by atoms with Crippen LogP contribution in [0, 0.1) is 0 Å². The van der Waals surface area contributed by atoms with Crippen molar-refractivity contribution in [3.05, 3.63) is 63.9 Å². The first kappa shape index (κ1) is 17.0. The molecule has 25 heavy (non-hydrogen) atoms. The highest BCUT2D eigenvalue weighted by Gasteiger charge is 2.12. The molecule has 3 aromatic rings. The topological polar surface area (TPSA) is 86.1 Å². The van der Waals surface area contributed by atoms with Gasteiger partial charge in [0.15, 0.2) is 5.13 Å². The predicted molar refractivity (Wildman–Crippen MR) is 95.9 cm³/mol. The Morgan fingerprint density at radius 1 is 1.24 bits per heavy atom. The van der Waals surface area contributed by atoms with E-state index < -0.39 is 5.91 Å². The second-order valence-corrected chi connectivity index (χ2v) is 5.99. The maximum absolute atomic E-state index is 12.3. The van der Waals surface area contributed by atoms with Crippen LogP contribution in [0.4, 0.5) is 5.13 Å². The first-order valence-corrected chi connectivity index (χ1v) is 8.45. The fraction of sp³-hybridized carbons (Fsp3) is 0.176. The van der Waals surface area contributed by atoms with Crippen LogP contribution in [0.25, 0.3) is 11.3 Å². The molecule has 128 valence electrons. The average molecular weight is 356 g/mol. The number of hydrogen-bond acceptors (Lipinski definition) is 6. The highest BCUT2D eigenvalue weighted by molar-refractivity contribution is 7.14. The summed E-state index contributed by atoms with van der Waals surface area (Å²) < 4.78 is 6.14. The van der Waals surface area contributed by atoms with Gasteiger partial charge in [0.1, 0.15) is 5.69 Å². The molecule has 0 aliphatic heterocycles. The van der Waals surface area contributed by atoms with Crippen molar-refractivity contribution in [3.8, 4) is 11.3 Å². The van der Waals surface area contributed by atoms with Crippen molar-refractivity contribution in [1.82, 2.24) is 14.8 Å². The standard InChI is InChI=1S/C17H16N4O3S/c1-24-10-9-21-15(22)8-7-13(20-21)16(23)19-17-18-14(11-25-17)12-5-3-2-4-6-12/h2-8,11H,9-10H2,1H3,(H,18,19,23). The van der Waals surface area contributed by atoms with Gasteiger partial charge in [-0.05, 0) is 6.07 Å². The molecule has 0 radical (unpaired) electrons. The average Bonchev–Trinajstić information content (AvgIpc) is 3.10. The van der Waals surface area contributed by atoms with Gasteiger partial charge in [0.05, 0.1) is 18.8 Å². The van der Waals surface area contributed by atoms with E-state index in [1.54, 1.807) is 0 Å². The summed E-state index contributed by atoms with van der Waals surface area (Å²) in [6.07, 6.45) is 0. The van der Waals surface area contributed by atoms with Crippen LogP contribution in [0.1, 0.15) is 10.5 Å². The summed E-state index contributed by atoms with van der Waals surface area (Å²) in [5.41, 5.74) is 1.63. The summed E-state index contributed by atoms with van der Waals surface area (Å²) in [5.74, 6) is -0.417. The molecule has 7 nitrogen and oxygen atoms in total. The van der Waals surface area contributed by atoms with Gasteiger partial charge < -0.3 is 4.74 Å². The van der Waals surface area contributed by atoms with E-state index in [2.05, 4.69) is 15.4 Å². The molecule has 0 saturated heterocycles. The molecule has 1 aromatic carbocycles. The van der Waals surface area contributed by atoms with Gasteiger partial charge in [0.25, 0.3) is 11.5 Å².